The molecule has 0 spiro atoms. The molecule has 0 aliphatic rings. The smallest absolute Gasteiger partial charge is 0.338 e. The molecule has 0 radical (unpaired) electrons. The second-order valence-corrected chi connectivity index (χ2v) is 6.96. The van der Waals surface area contributed by atoms with E-state index >= 15 is 0 Å². The summed E-state index contributed by atoms with van der Waals surface area (Å²) in [6, 6.07) is 20.1. The van der Waals surface area contributed by atoms with Crippen LogP contribution in [0, 0.1) is 6.92 Å². The van der Waals surface area contributed by atoms with Gasteiger partial charge >= 0.3 is 5.97 Å². The summed E-state index contributed by atoms with van der Waals surface area (Å²) in [5, 5.41) is 1.01. The maximum atomic E-state index is 12.2. The number of halogens is 2. The second-order valence-electron chi connectivity index (χ2n) is 6.11. The lowest BCUT2D eigenvalue weighted by molar-refractivity contribution is 0.0473. The fraction of sp³-hybridized carbons (Fsp3) is 0.136. The van der Waals surface area contributed by atoms with E-state index in [2.05, 4.69) is 0 Å². The first-order valence-electron chi connectivity index (χ1n) is 8.41. The van der Waals surface area contributed by atoms with E-state index in [0.717, 1.165) is 16.9 Å². The Morgan fingerprint density at radius 3 is 2.41 bits per heavy atom. The average Bonchev–Trinajstić information content (AvgIpc) is 2.66. The van der Waals surface area contributed by atoms with Gasteiger partial charge in [-0.25, -0.2) is 4.79 Å². The zero-order valence-electron chi connectivity index (χ0n) is 14.7. The summed E-state index contributed by atoms with van der Waals surface area (Å²) < 4.78 is 11.1. The van der Waals surface area contributed by atoms with Crippen LogP contribution in [0.2, 0.25) is 10.0 Å². The van der Waals surface area contributed by atoms with Crippen LogP contribution in [0.5, 0.6) is 5.75 Å². The van der Waals surface area contributed by atoms with Crippen molar-refractivity contribution in [1.82, 2.24) is 0 Å². The molecule has 3 aromatic rings. The molecule has 0 atom stereocenters. The van der Waals surface area contributed by atoms with Crippen molar-refractivity contribution in [3.8, 4) is 5.75 Å². The molecule has 0 aromatic heterocycles. The minimum atomic E-state index is -0.410. The maximum absolute atomic E-state index is 12.2. The molecule has 0 heterocycles. The minimum Gasteiger partial charge on any atom is -0.489 e. The summed E-state index contributed by atoms with van der Waals surface area (Å²) in [4.78, 5) is 12.2. The number of hydrogen-bond acceptors (Lipinski definition) is 3. The molecule has 0 aliphatic carbocycles. The van der Waals surface area contributed by atoms with Crippen LogP contribution in [0.1, 0.15) is 27.0 Å². The molecule has 3 aromatic carbocycles. The first kappa shape index (κ1) is 19.3. The Morgan fingerprint density at radius 2 is 1.70 bits per heavy atom. The summed E-state index contributed by atoms with van der Waals surface area (Å²) in [6.07, 6.45) is 0. The predicted molar refractivity (Wildman–Crippen MR) is 108 cm³/mol. The summed E-state index contributed by atoms with van der Waals surface area (Å²) in [7, 11) is 0. The van der Waals surface area contributed by atoms with E-state index in [1.807, 2.05) is 43.3 Å². The number of hydrogen-bond donors (Lipinski definition) is 0. The third-order valence-electron chi connectivity index (χ3n) is 3.96. The maximum Gasteiger partial charge on any atom is 0.338 e. The van der Waals surface area contributed by atoms with Crippen molar-refractivity contribution in [3.05, 3.63) is 99.0 Å². The first-order chi connectivity index (χ1) is 13.0. The highest BCUT2D eigenvalue weighted by atomic mass is 35.5. The Kier molecular flexibility index (Phi) is 6.38. The van der Waals surface area contributed by atoms with Gasteiger partial charge < -0.3 is 9.47 Å². The van der Waals surface area contributed by atoms with Crippen LogP contribution in [0.25, 0.3) is 0 Å². The third kappa shape index (κ3) is 5.49. The number of ether oxygens (including phenoxy) is 2. The van der Waals surface area contributed by atoms with E-state index in [-0.39, 0.29) is 6.61 Å². The van der Waals surface area contributed by atoms with Crippen LogP contribution in [0.15, 0.2) is 66.7 Å². The van der Waals surface area contributed by atoms with Gasteiger partial charge in [-0.2, -0.15) is 0 Å². The van der Waals surface area contributed by atoms with Crippen LogP contribution in [-0.4, -0.2) is 5.97 Å². The molecular weight excluding hydrogens is 383 g/mol. The van der Waals surface area contributed by atoms with Crippen molar-refractivity contribution in [2.24, 2.45) is 0 Å². The molecule has 0 N–H and O–H groups in total. The van der Waals surface area contributed by atoms with E-state index in [1.165, 1.54) is 0 Å². The van der Waals surface area contributed by atoms with Gasteiger partial charge in [0.05, 0.1) is 5.56 Å². The Labute approximate surface area is 168 Å². The SMILES string of the molecule is Cc1cccc(OCc2ccc(C(=O)OCc3ccc(Cl)cc3Cl)cc2)c1. The van der Waals surface area contributed by atoms with E-state index in [9.17, 15) is 4.79 Å². The molecule has 0 bridgehead atoms. The number of carbonyl (C=O) groups excluding carboxylic acids is 1. The van der Waals surface area contributed by atoms with E-state index < -0.39 is 5.97 Å². The molecule has 0 fully saturated rings. The zero-order valence-corrected chi connectivity index (χ0v) is 16.3. The normalized spacial score (nSPS) is 10.5. The molecule has 0 aliphatic heterocycles. The Balaban J connectivity index is 1.55. The molecule has 0 amide bonds. The van der Waals surface area contributed by atoms with Gasteiger partial charge in [-0.3, -0.25) is 0 Å². The molecule has 0 saturated carbocycles. The summed E-state index contributed by atoms with van der Waals surface area (Å²) in [5.41, 5.74) is 3.29. The number of rotatable bonds is 6. The number of carbonyl (C=O) groups is 1. The zero-order chi connectivity index (χ0) is 19.2. The standard InChI is InChI=1S/C22H18Cl2O3/c1-15-3-2-4-20(11-15)26-13-16-5-7-17(8-6-16)22(25)27-14-18-9-10-19(23)12-21(18)24/h2-12H,13-14H2,1H3. The molecule has 3 rings (SSSR count). The number of esters is 1. The second kappa shape index (κ2) is 8.94. The molecule has 5 heteroatoms. The van der Waals surface area contributed by atoms with Crippen molar-refractivity contribution < 1.29 is 14.3 Å². The van der Waals surface area contributed by atoms with Crippen LogP contribution >= 0.6 is 23.2 Å². The van der Waals surface area contributed by atoms with E-state index in [4.69, 9.17) is 32.7 Å². The van der Waals surface area contributed by atoms with Crippen molar-refractivity contribution in [1.29, 1.82) is 0 Å². The van der Waals surface area contributed by atoms with Gasteiger partial charge in [0, 0.05) is 15.6 Å². The van der Waals surface area contributed by atoms with Crippen molar-refractivity contribution in [2.45, 2.75) is 20.1 Å². The third-order valence-corrected chi connectivity index (χ3v) is 4.55. The van der Waals surface area contributed by atoms with E-state index in [0.29, 0.717) is 27.8 Å². The minimum absolute atomic E-state index is 0.0903. The van der Waals surface area contributed by atoms with E-state index in [1.54, 1.807) is 30.3 Å². The molecular formula is C22H18Cl2O3. The number of aryl methyl sites for hydroxylation is 1. The van der Waals surface area contributed by atoms with Gasteiger partial charge in [0.2, 0.25) is 0 Å². The fourth-order valence-corrected chi connectivity index (χ4v) is 2.94. The van der Waals surface area contributed by atoms with Gasteiger partial charge in [-0.1, -0.05) is 53.5 Å². The van der Waals surface area contributed by atoms with Crippen molar-refractivity contribution in [2.75, 3.05) is 0 Å². The average molecular weight is 401 g/mol. The molecule has 3 nitrogen and oxygen atoms in total. The van der Waals surface area contributed by atoms with Gasteiger partial charge in [0.15, 0.2) is 0 Å². The summed E-state index contributed by atoms with van der Waals surface area (Å²) in [5.74, 6) is 0.408. The Morgan fingerprint density at radius 1 is 0.926 bits per heavy atom. The Hall–Kier alpha value is -2.49. The molecule has 0 saturated heterocycles. The summed E-state index contributed by atoms with van der Waals surface area (Å²) >= 11 is 11.9. The van der Waals surface area contributed by atoms with Crippen molar-refractivity contribution in [3.63, 3.8) is 0 Å². The monoisotopic (exact) mass is 400 g/mol. The molecule has 138 valence electrons. The van der Waals surface area contributed by atoms with Crippen LogP contribution in [0.4, 0.5) is 0 Å². The van der Waals surface area contributed by atoms with Gasteiger partial charge in [-0.05, 0) is 54.4 Å². The fourth-order valence-electron chi connectivity index (χ4n) is 2.47. The van der Waals surface area contributed by atoms with Gasteiger partial charge in [-0.15, -0.1) is 0 Å². The highest BCUT2D eigenvalue weighted by Gasteiger charge is 2.09. The van der Waals surface area contributed by atoms with Crippen molar-refractivity contribution >= 4 is 29.2 Å². The van der Waals surface area contributed by atoms with Crippen LogP contribution < -0.4 is 4.74 Å². The van der Waals surface area contributed by atoms with Gasteiger partial charge in [0.1, 0.15) is 19.0 Å². The largest absolute Gasteiger partial charge is 0.489 e. The van der Waals surface area contributed by atoms with Crippen LogP contribution in [-0.2, 0) is 18.0 Å². The quantitative estimate of drug-likeness (QED) is 0.459. The first-order valence-corrected chi connectivity index (χ1v) is 9.16. The topological polar surface area (TPSA) is 35.5 Å². The lowest BCUT2D eigenvalue weighted by Crippen LogP contribution is -2.06. The summed E-state index contributed by atoms with van der Waals surface area (Å²) in [6.45, 7) is 2.54. The highest BCUT2D eigenvalue weighted by Crippen LogP contribution is 2.22. The lowest BCUT2D eigenvalue weighted by Gasteiger charge is -2.09. The highest BCUT2D eigenvalue weighted by molar-refractivity contribution is 6.35. The molecule has 27 heavy (non-hydrogen) atoms. The van der Waals surface area contributed by atoms with Gasteiger partial charge in [0.25, 0.3) is 0 Å². The van der Waals surface area contributed by atoms with Crippen LogP contribution in [0.3, 0.4) is 0 Å². The molecule has 0 unspecified atom stereocenters. The predicted octanol–water partition coefficient (Wildman–Crippen LogP) is 6.24. The Bertz CT molecular complexity index is 937. The number of benzene rings is 3. The lowest BCUT2D eigenvalue weighted by atomic mass is 10.1.